The van der Waals surface area contributed by atoms with Crippen molar-refractivity contribution in [2.75, 3.05) is 12.4 Å². The number of nitrogens with one attached hydrogen (secondary N) is 1. The van der Waals surface area contributed by atoms with Gasteiger partial charge in [-0.3, -0.25) is 4.79 Å². The Morgan fingerprint density at radius 1 is 1.06 bits per heavy atom. The topological polar surface area (TPSA) is 78.3 Å². The highest BCUT2D eigenvalue weighted by atomic mass is 19.4. The normalized spacial score (nSPS) is 15.8. The number of rotatable bonds is 6. The number of nitrogens with zero attached hydrogens (tertiary/aromatic N) is 3. The van der Waals surface area contributed by atoms with Crippen molar-refractivity contribution < 1.29 is 36.2 Å². The third-order valence-corrected chi connectivity index (χ3v) is 4.90. The van der Waals surface area contributed by atoms with E-state index in [1.54, 1.807) is 12.1 Å². The summed E-state index contributed by atoms with van der Waals surface area (Å²) in [4.78, 5) is 17.2. The number of halogens is 5. The number of allylic oxidation sites excluding steroid dienone is 2. The van der Waals surface area contributed by atoms with Gasteiger partial charge in [0.2, 0.25) is 5.95 Å². The maximum absolute atomic E-state index is 14.0. The number of ketones is 1. The van der Waals surface area contributed by atoms with E-state index in [1.807, 2.05) is 0 Å². The average molecular weight is 466 g/mol. The van der Waals surface area contributed by atoms with E-state index >= 15 is 0 Å². The standard InChI is InChI=1S/C21H15F5N4O3/c1-32-13-6-2-11(3-7-13)16-15(17(31)12-4-8-14(9-5-12)33-19(22)23)18(21(24,25)26)29-20-27-10-28-30(16)20/h2-10,16,19H,1H3,(H,27,28,29). The summed E-state index contributed by atoms with van der Waals surface area (Å²) in [6.07, 6.45) is -3.86. The molecule has 2 heterocycles. The zero-order valence-electron chi connectivity index (χ0n) is 16.8. The maximum atomic E-state index is 14.0. The molecule has 0 saturated heterocycles. The van der Waals surface area contributed by atoms with Crippen LogP contribution >= 0.6 is 0 Å². The van der Waals surface area contributed by atoms with E-state index in [1.165, 1.54) is 23.9 Å². The van der Waals surface area contributed by atoms with Gasteiger partial charge in [0.15, 0.2) is 5.78 Å². The molecule has 1 aliphatic heterocycles. The quantitative estimate of drug-likeness (QED) is 0.423. The van der Waals surface area contributed by atoms with Crippen LogP contribution in [0.4, 0.5) is 27.9 Å². The zero-order valence-corrected chi connectivity index (χ0v) is 16.8. The molecule has 4 rings (SSSR count). The van der Waals surface area contributed by atoms with Crippen molar-refractivity contribution in [1.29, 1.82) is 0 Å². The Bertz CT molecular complexity index is 1190. The van der Waals surface area contributed by atoms with Gasteiger partial charge in [0.1, 0.15) is 29.6 Å². The van der Waals surface area contributed by atoms with Crippen LogP contribution in [0.25, 0.3) is 0 Å². The number of aromatic nitrogens is 3. The van der Waals surface area contributed by atoms with Crippen LogP contribution in [0.1, 0.15) is 22.0 Å². The van der Waals surface area contributed by atoms with Gasteiger partial charge in [-0.15, -0.1) is 0 Å². The van der Waals surface area contributed by atoms with Crippen molar-refractivity contribution in [2.24, 2.45) is 0 Å². The Morgan fingerprint density at radius 2 is 1.70 bits per heavy atom. The minimum atomic E-state index is -4.92. The fourth-order valence-corrected chi connectivity index (χ4v) is 3.47. The first-order chi connectivity index (χ1) is 15.7. The molecule has 0 spiro atoms. The summed E-state index contributed by atoms with van der Waals surface area (Å²) in [6, 6.07) is 9.23. The largest absolute Gasteiger partial charge is 0.497 e. The molecule has 0 aliphatic carbocycles. The lowest BCUT2D eigenvalue weighted by Gasteiger charge is -2.30. The molecule has 33 heavy (non-hydrogen) atoms. The fourth-order valence-electron chi connectivity index (χ4n) is 3.47. The lowest BCUT2D eigenvalue weighted by molar-refractivity contribution is -0.0918. The van der Waals surface area contributed by atoms with Crippen molar-refractivity contribution in [2.45, 2.75) is 18.8 Å². The van der Waals surface area contributed by atoms with E-state index in [-0.39, 0.29) is 17.3 Å². The van der Waals surface area contributed by atoms with E-state index in [0.29, 0.717) is 11.3 Å². The molecule has 1 aromatic heterocycles. The van der Waals surface area contributed by atoms with E-state index in [2.05, 4.69) is 20.1 Å². The molecule has 0 saturated carbocycles. The number of alkyl halides is 5. The molecule has 12 heteroatoms. The second kappa shape index (κ2) is 8.52. The van der Waals surface area contributed by atoms with Gasteiger partial charge in [-0.2, -0.15) is 32.0 Å². The molecule has 0 radical (unpaired) electrons. The number of fused-ring (bicyclic) bond motifs is 1. The molecule has 1 unspecified atom stereocenters. The molecular formula is C21H15F5N4O3. The van der Waals surface area contributed by atoms with E-state index in [9.17, 15) is 26.7 Å². The second-order valence-electron chi connectivity index (χ2n) is 6.85. The average Bonchev–Trinajstić information content (AvgIpc) is 3.25. The van der Waals surface area contributed by atoms with E-state index in [0.717, 1.165) is 30.6 Å². The Labute approximate surface area is 183 Å². The summed E-state index contributed by atoms with van der Waals surface area (Å²) >= 11 is 0. The first kappa shape index (κ1) is 22.2. The van der Waals surface area contributed by atoms with Crippen LogP contribution in [-0.2, 0) is 0 Å². The third kappa shape index (κ3) is 4.36. The number of Topliss-reactive ketones (excluding diaryl/α,β-unsaturated/α-hetero) is 1. The molecule has 7 nitrogen and oxygen atoms in total. The molecule has 1 atom stereocenters. The smallest absolute Gasteiger partial charge is 0.431 e. The summed E-state index contributed by atoms with van der Waals surface area (Å²) in [7, 11) is 1.44. The van der Waals surface area contributed by atoms with Crippen LogP contribution in [0, 0.1) is 0 Å². The van der Waals surface area contributed by atoms with Crippen molar-refractivity contribution in [3.63, 3.8) is 0 Å². The van der Waals surface area contributed by atoms with Crippen molar-refractivity contribution in [1.82, 2.24) is 14.8 Å². The van der Waals surface area contributed by atoms with Crippen LogP contribution in [0.15, 0.2) is 66.1 Å². The first-order valence-corrected chi connectivity index (χ1v) is 9.40. The fraction of sp³-hybridized carbons (Fsp3) is 0.190. The minimum absolute atomic E-state index is 0.155. The Kier molecular flexibility index (Phi) is 5.75. The second-order valence-corrected chi connectivity index (χ2v) is 6.85. The van der Waals surface area contributed by atoms with Crippen LogP contribution in [0.2, 0.25) is 0 Å². The maximum Gasteiger partial charge on any atom is 0.431 e. The van der Waals surface area contributed by atoms with Gasteiger partial charge in [-0.25, -0.2) is 4.68 Å². The number of benzene rings is 2. The van der Waals surface area contributed by atoms with Crippen LogP contribution in [0.5, 0.6) is 11.5 Å². The Balaban J connectivity index is 1.85. The number of anilines is 1. The van der Waals surface area contributed by atoms with Crippen molar-refractivity contribution in [3.05, 3.63) is 77.3 Å². The summed E-state index contributed by atoms with van der Waals surface area (Å²) in [5.41, 5.74) is -1.75. The Hall–Kier alpha value is -3.96. The number of methoxy groups -OCH3 is 1. The predicted octanol–water partition coefficient (Wildman–Crippen LogP) is 4.60. The van der Waals surface area contributed by atoms with Crippen LogP contribution < -0.4 is 14.8 Å². The summed E-state index contributed by atoms with van der Waals surface area (Å²) in [5.74, 6) is -0.937. The van der Waals surface area contributed by atoms with Crippen molar-refractivity contribution in [3.8, 4) is 11.5 Å². The highest BCUT2D eigenvalue weighted by Gasteiger charge is 2.46. The molecule has 1 aliphatic rings. The van der Waals surface area contributed by atoms with Gasteiger partial charge in [0.05, 0.1) is 12.7 Å². The van der Waals surface area contributed by atoms with Crippen LogP contribution in [-0.4, -0.2) is 40.4 Å². The molecule has 0 bridgehead atoms. The van der Waals surface area contributed by atoms with Crippen molar-refractivity contribution >= 4 is 11.7 Å². The highest BCUT2D eigenvalue weighted by Crippen LogP contribution is 2.42. The van der Waals surface area contributed by atoms with E-state index in [4.69, 9.17) is 4.74 Å². The number of ether oxygens (including phenoxy) is 2. The number of carbonyl (C=O) groups excluding carboxylic acids is 1. The van der Waals surface area contributed by atoms with Gasteiger partial charge < -0.3 is 14.8 Å². The SMILES string of the molecule is COc1ccc(C2C(C(=O)c3ccc(OC(F)F)cc3)=C(C(F)(F)F)Nc3ncnn32)cc1. The lowest BCUT2D eigenvalue weighted by Crippen LogP contribution is -2.35. The summed E-state index contributed by atoms with van der Waals surface area (Å²) < 4.78 is 77.4. The monoisotopic (exact) mass is 466 g/mol. The third-order valence-electron chi connectivity index (χ3n) is 4.90. The van der Waals surface area contributed by atoms with Crippen LogP contribution in [0.3, 0.4) is 0 Å². The number of hydrogen-bond acceptors (Lipinski definition) is 6. The molecule has 3 aromatic rings. The molecule has 172 valence electrons. The van der Waals surface area contributed by atoms with Gasteiger partial charge in [0.25, 0.3) is 0 Å². The molecular weight excluding hydrogens is 451 g/mol. The van der Waals surface area contributed by atoms with Gasteiger partial charge in [-0.05, 0) is 42.0 Å². The number of carbonyl (C=O) groups is 1. The molecule has 0 amide bonds. The highest BCUT2D eigenvalue weighted by molar-refractivity contribution is 6.10. The predicted molar refractivity (Wildman–Crippen MR) is 105 cm³/mol. The summed E-state index contributed by atoms with van der Waals surface area (Å²) in [5, 5.41) is 6.15. The number of hydrogen-bond donors (Lipinski definition) is 1. The molecule has 1 N–H and O–H groups in total. The zero-order chi connectivity index (χ0) is 23.8. The van der Waals surface area contributed by atoms with Gasteiger partial charge >= 0.3 is 12.8 Å². The summed E-state index contributed by atoms with van der Waals surface area (Å²) in [6.45, 7) is -3.08. The molecule has 2 aromatic carbocycles. The first-order valence-electron chi connectivity index (χ1n) is 9.40. The molecule has 0 fully saturated rings. The Morgan fingerprint density at radius 3 is 2.27 bits per heavy atom. The van der Waals surface area contributed by atoms with Gasteiger partial charge in [-0.1, -0.05) is 12.1 Å². The minimum Gasteiger partial charge on any atom is -0.497 e. The lowest BCUT2D eigenvalue weighted by atomic mass is 9.89. The van der Waals surface area contributed by atoms with Gasteiger partial charge in [0, 0.05) is 5.56 Å². The van der Waals surface area contributed by atoms with E-state index < -0.39 is 35.9 Å².